The van der Waals surface area contributed by atoms with Crippen molar-refractivity contribution >= 4 is 11.6 Å². The molecule has 3 heterocycles. The molecule has 0 saturated carbocycles. The first kappa shape index (κ1) is 8.68. The second-order valence-electron chi connectivity index (χ2n) is 3.36. The van der Waals surface area contributed by atoms with Crippen LogP contribution in [0.15, 0.2) is 30.6 Å². The van der Waals surface area contributed by atoms with E-state index in [2.05, 4.69) is 9.97 Å². The molecule has 0 amide bonds. The Hall–Kier alpha value is -1.61. The van der Waals surface area contributed by atoms with Gasteiger partial charge in [0.25, 0.3) is 0 Å². The number of aromatic nitrogens is 2. The molecule has 0 unspecified atom stereocenters. The highest BCUT2D eigenvalue weighted by Crippen LogP contribution is 2.34. The van der Waals surface area contributed by atoms with Crippen molar-refractivity contribution in [3.8, 4) is 11.6 Å². The molecular formula is C11H7ClN2O. The molecule has 74 valence electrons. The van der Waals surface area contributed by atoms with E-state index >= 15 is 0 Å². The Balaban J connectivity index is 2.11. The van der Waals surface area contributed by atoms with Gasteiger partial charge in [-0.25, -0.2) is 4.98 Å². The number of halogens is 1. The van der Waals surface area contributed by atoms with Gasteiger partial charge in [0.1, 0.15) is 5.15 Å². The lowest BCUT2D eigenvalue weighted by atomic mass is 10.0. The third-order valence-electron chi connectivity index (χ3n) is 2.36. The van der Waals surface area contributed by atoms with Crippen LogP contribution in [0.1, 0.15) is 11.1 Å². The maximum atomic E-state index is 5.80. The Labute approximate surface area is 91.7 Å². The number of ether oxygens (including phenoxy) is 1. The zero-order chi connectivity index (χ0) is 10.3. The van der Waals surface area contributed by atoms with Crippen LogP contribution < -0.4 is 4.74 Å². The van der Waals surface area contributed by atoms with Crippen LogP contribution >= 0.6 is 11.6 Å². The normalized spacial score (nSPS) is 12.6. The number of fused-ring (bicyclic) bond motifs is 2. The fourth-order valence-electron chi connectivity index (χ4n) is 1.63. The van der Waals surface area contributed by atoms with E-state index in [0.29, 0.717) is 11.0 Å². The minimum absolute atomic E-state index is 0.445. The van der Waals surface area contributed by atoms with Gasteiger partial charge in [0.2, 0.25) is 5.88 Å². The minimum atomic E-state index is 0.445. The van der Waals surface area contributed by atoms with Crippen LogP contribution in [0.4, 0.5) is 0 Å². The van der Waals surface area contributed by atoms with Crippen molar-refractivity contribution in [3.05, 3.63) is 46.9 Å². The van der Waals surface area contributed by atoms with Gasteiger partial charge < -0.3 is 4.74 Å². The van der Waals surface area contributed by atoms with Crippen LogP contribution in [-0.2, 0) is 6.42 Å². The lowest BCUT2D eigenvalue weighted by molar-refractivity contribution is 0.438. The summed E-state index contributed by atoms with van der Waals surface area (Å²) in [6.45, 7) is 0. The van der Waals surface area contributed by atoms with Crippen molar-refractivity contribution in [2.45, 2.75) is 6.42 Å². The Kier molecular flexibility index (Phi) is 1.86. The molecule has 3 nitrogen and oxygen atoms in total. The highest BCUT2D eigenvalue weighted by atomic mass is 35.5. The monoisotopic (exact) mass is 218 g/mol. The topological polar surface area (TPSA) is 35.0 Å². The average Bonchev–Trinajstić information content (AvgIpc) is 2.26. The van der Waals surface area contributed by atoms with E-state index in [1.807, 2.05) is 12.1 Å². The third kappa shape index (κ3) is 1.45. The predicted octanol–water partition coefficient (Wildman–Crippen LogP) is 2.83. The molecule has 0 saturated heterocycles. The SMILES string of the molecule is Clc1ccc2c(n1)Oc1cnccc1C2. The first-order valence-electron chi connectivity index (χ1n) is 4.59. The van der Waals surface area contributed by atoms with E-state index < -0.39 is 0 Å². The Morgan fingerprint density at radius 1 is 1.20 bits per heavy atom. The average molecular weight is 219 g/mol. The molecule has 3 rings (SSSR count). The van der Waals surface area contributed by atoms with E-state index in [1.165, 1.54) is 0 Å². The molecule has 0 aliphatic carbocycles. The summed E-state index contributed by atoms with van der Waals surface area (Å²) < 4.78 is 5.60. The van der Waals surface area contributed by atoms with Crippen molar-refractivity contribution < 1.29 is 4.74 Å². The number of rotatable bonds is 0. The molecule has 2 aromatic rings. The lowest BCUT2D eigenvalue weighted by Gasteiger charge is -2.18. The summed E-state index contributed by atoms with van der Waals surface area (Å²) in [4.78, 5) is 8.14. The highest BCUT2D eigenvalue weighted by Gasteiger charge is 2.17. The van der Waals surface area contributed by atoms with Gasteiger partial charge in [-0.2, -0.15) is 0 Å². The van der Waals surface area contributed by atoms with E-state index in [0.717, 1.165) is 23.3 Å². The quantitative estimate of drug-likeness (QED) is 0.545. The summed E-state index contributed by atoms with van der Waals surface area (Å²) in [5.74, 6) is 1.35. The molecule has 0 aromatic carbocycles. The second-order valence-corrected chi connectivity index (χ2v) is 3.75. The van der Waals surface area contributed by atoms with E-state index in [9.17, 15) is 0 Å². The molecule has 0 N–H and O–H groups in total. The maximum Gasteiger partial charge on any atom is 0.224 e. The van der Waals surface area contributed by atoms with Crippen LogP contribution in [-0.4, -0.2) is 9.97 Å². The molecular weight excluding hydrogens is 212 g/mol. The van der Waals surface area contributed by atoms with Crippen LogP contribution in [0.3, 0.4) is 0 Å². The van der Waals surface area contributed by atoms with Crippen LogP contribution in [0.25, 0.3) is 0 Å². The first-order valence-corrected chi connectivity index (χ1v) is 4.97. The molecule has 4 heteroatoms. The van der Waals surface area contributed by atoms with E-state index in [1.54, 1.807) is 18.5 Å². The summed E-state index contributed by atoms with van der Waals surface area (Å²) in [7, 11) is 0. The lowest BCUT2D eigenvalue weighted by Crippen LogP contribution is -2.04. The molecule has 2 aromatic heterocycles. The van der Waals surface area contributed by atoms with Crippen molar-refractivity contribution in [1.29, 1.82) is 0 Å². The van der Waals surface area contributed by atoms with Crippen LogP contribution in [0, 0.1) is 0 Å². The van der Waals surface area contributed by atoms with E-state index in [4.69, 9.17) is 16.3 Å². The standard InChI is InChI=1S/C11H7ClN2O/c12-10-2-1-8-5-7-3-4-13-6-9(7)15-11(8)14-10/h1-4,6H,5H2. The maximum absolute atomic E-state index is 5.80. The van der Waals surface area contributed by atoms with Crippen molar-refractivity contribution in [2.24, 2.45) is 0 Å². The summed E-state index contributed by atoms with van der Waals surface area (Å²) in [5, 5.41) is 0.445. The van der Waals surface area contributed by atoms with Gasteiger partial charge in [0.05, 0.1) is 6.20 Å². The number of hydrogen-bond acceptors (Lipinski definition) is 3. The van der Waals surface area contributed by atoms with Gasteiger partial charge >= 0.3 is 0 Å². The summed E-state index contributed by atoms with van der Waals surface area (Å²) in [5.41, 5.74) is 2.18. The summed E-state index contributed by atoms with van der Waals surface area (Å²) >= 11 is 5.80. The van der Waals surface area contributed by atoms with Crippen molar-refractivity contribution in [3.63, 3.8) is 0 Å². The zero-order valence-corrected chi connectivity index (χ0v) is 8.53. The summed E-state index contributed by atoms with van der Waals surface area (Å²) in [6, 6.07) is 5.66. The van der Waals surface area contributed by atoms with Crippen LogP contribution in [0.5, 0.6) is 11.6 Å². The first-order chi connectivity index (χ1) is 7.33. The van der Waals surface area contributed by atoms with Gasteiger partial charge in [-0.1, -0.05) is 17.7 Å². The summed E-state index contributed by atoms with van der Waals surface area (Å²) in [6.07, 6.45) is 4.27. The number of pyridine rings is 2. The minimum Gasteiger partial charge on any atom is -0.437 e. The van der Waals surface area contributed by atoms with Gasteiger partial charge in [0.15, 0.2) is 5.75 Å². The third-order valence-corrected chi connectivity index (χ3v) is 2.57. The predicted molar refractivity (Wildman–Crippen MR) is 56.4 cm³/mol. The van der Waals surface area contributed by atoms with Gasteiger partial charge in [-0.05, 0) is 12.1 Å². The highest BCUT2D eigenvalue weighted by molar-refractivity contribution is 6.29. The largest absolute Gasteiger partial charge is 0.437 e. The Morgan fingerprint density at radius 3 is 3.07 bits per heavy atom. The fraction of sp³-hybridized carbons (Fsp3) is 0.0909. The molecule has 1 aliphatic rings. The molecule has 0 atom stereocenters. The van der Waals surface area contributed by atoms with E-state index in [-0.39, 0.29) is 0 Å². The molecule has 15 heavy (non-hydrogen) atoms. The van der Waals surface area contributed by atoms with Crippen molar-refractivity contribution in [2.75, 3.05) is 0 Å². The molecule has 0 spiro atoms. The molecule has 1 aliphatic heterocycles. The Bertz CT molecular complexity index is 528. The van der Waals surface area contributed by atoms with Gasteiger partial charge in [0, 0.05) is 23.7 Å². The second kappa shape index (κ2) is 3.21. The van der Waals surface area contributed by atoms with Crippen molar-refractivity contribution in [1.82, 2.24) is 9.97 Å². The Morgan fingerprint density at radius 2 is 2.13 bits per heavy atom. The van der Waals surface area contributed by atoms with Gasteiger partial charge in [-0.3, -0.25) is 4.98 Å². The molecule has 0 fully saturated rings. The molecule has 0 radical (unpaired) electrons. The molecule has 0 bridgehead atoms. The smallest absolute Gasteiger partial charge is 0.224 e. The van der Waals surface area contributed by atoms with Crippen LogP contribution in [0.2, 0.25) is 5.15 Å². The number of nitrogens with zero attached hydrogens (tertiary/aromatic N) is 2. The zero-order valence-electron chi connectivity index (χ0n) is 7.77. The fourth-order valence-corrected chi connectivity index (χ4v) is 1.77. The number of hydrogen-bond donors (Lipinski definition) is 0. The van der Waals surface area contributed by atoms with Gasteiger partial charge in [-0.15, -0.1) is 0 Å².